The molecule has 1 N–H and O–H groups in total. The van der Waals surface area contributed by atoms with Gasteiger partial charge in [0.25, 0.3) is 5.56 Å². The van der Waals surface area contributed by atoms with Crippen LogP contribution in [0.2, 0.25) is 0 Å². The van der Waals surface area contributed by atoms with Crippen molar-refractivity contribution >= 4 is 17.3 Å². The first-order valence-corrected chi connectivity index (χ1v) is 10.1. The molecule has 2 heterocycles. The Labute approximate surface area is 174 Å². The zero-order chi connectivity index (χ0) is 20.9. The van der Waals surface area contributed by atoms with Crippen LogP contribution in [0.5, 0.6) is 0 Å². The van der Waals surface area contributed by atoms with E-state index >= 15 is 0 Å². The molecule has 0 saturated carbocycles. The highest BCUT2D eigenvalue weighted by Gasteiger charge is 2.17. The summed E-state index contributed by atoms with van der Waals surface area (Å²) < 4.78 is 2.40. The molecule has 1 aromatic heterocycles. The zero-order valence-electron chi connectivity index (χ0n) is 16.7. The SMILES string of the molecule is O=C(Cn1c(=O)ccn(Cc2ccccc2)c1=O)Nc1ccccc1N1CCCC1. The molecule has 0 atom stereocenters. The van der Waals surface area contributed by atoms with Crippen LogP contribution in [-0.4, -0.2) is 28.1 Å². The molecule has 1 amide bonds. The van der Waals surface area contributed by atoms with Crippen LogP contribution >= 0.6 is 0 Å². The van der Waals surface area contributed by atoms with E-state index in [0.29, 0.717) is 12.2 Å². The van der Waals surface area contributed by atoms with Gasteiger partial charge in [0, 0.05) is 25.4 Å². The third-order valence-electron chi connectivity index (χ3n) is 5.26. The molecular formula is C23H24N4O3. The van der Waals surface area contributed by atoms with Crippen molar-refractivity contribution in [1.82, 2.24) is 9.13 Å². The first-order valence-electron chi connectivity index (χ1n) is 10.1. The number of para-hydroxylation sites is 2. The minimum Gasteiger partial charge on any atom is -0.370 e. The van der Waals surface area contributed by atoms with Crippen LogP contribution in [-0.2, 0) is 17.9 Å². The first kappa shape index (κ1) is 19.7. The number of hydrogen-bond acceptors (Lipinski definition) is 4. The lowest BCUT2D eigenvalue weighted by molar-refractivity contribution is -0.116. The molecule has 1 fully saturated rings. The van der Waals surface area contributed by atoms with Crippen LogP contribution in [0.3, 0.4) is 0 Å². The second-order valence-corrected chi connectivity index (χ2v) is 7.40. The van der Waals surface area contributed by atoms with Crippen LogP contribution in [0.4, 0.5) is 11.4 Å². The molecule has 1 aliphatic rings. The van der Waals surface area contributed by atoms with E-state index in [4.69, 9.17) is 0 Å². The predicted molar refractivity (Wildman–Crippen MR) is 117 cm³/mol. The lowest BCUT2D eigenvalue weighted by atomic mass is 10.2. The minimum atomic E-state index is -0.505. The van der Waals surface area contributed by atoms with Crippen molar-refractivity contribution in [2.24, 2.45) is 0 Å². The van der Waals surface area contributed by atoms with Gasteiger partial charge in [-0.1, -0.05) is 42.5 Å². The zero-order valence-corrected chi connectivity index (χ0v) is 16.7. The average Bonchev–Trinajstić information content (AvgIpc) is 3.29. The lowest BCUT2D eigenvalue weighted by Gasteiger charge is -2.21. The summed E-state index contributed by atoms with van der Waals surface area (Å²) in [5.41, 5.74) is 1.60. The van der Waals surface area contributed by atoms with E-state index in [1.807, 2.05) is 54.6 Å². The van der Waals surface area contributed by atoms with Crippen molar-refractivity contribution in [2.45, 2.75) is 25.9 Å². The quantitative estimate of drug-likeness (QED) is 0.684. The van der Waals surface area contributed by atoms with E-state index in [0.717, 1.165) is 41.7 Å². The molecule has 4 rings (SSSR count). The van der Waals surface area contributed by atoms with Crippen molar-refractivity contribution < 1.29 is 4.79 Å². The molecular weight excluding hydrogens is 380 g/mol. The molecule has 7 nitrogen and oxygen atoms in total. The summed E-state index contributed by atoms with van der Waals surface area (Å²) in [7, 11) is 0. The van der Waals surface area contributed by atoms with Crippen LogP contribution in [0, 0.1) is 0 Å². The van der Waals surface area contributed by atoms with Gasteiger partial charge in [0.2, 0.25) is 5.91 Å². The molecule has 0 bridgehead atoms. The summed E-state index contributed by atoms with van der Waals surface area (Å²) in [6, 6.07) is 18.4. The van der Waals surface area contributed by atoms with Gasteiger partial charge < -0.3 is 10.2 Å². The molecule has 1 saturated heterocycles. The Morgan fingerprint density at radius 3 is 2.37 bits per heavy atom. The number of amides is 1. The van der Waals surface area contributed by atoms with E-state index in [9.17, 15) is 14.4 Å². The Morgan fingerprint density at radius 1 is 0.900 bits per heavy atom. The van der Waals surface area contributed by atoms with Crippen LogP contribution in [0.1, 0.15) is 18.4 Å². The molecule has 2 aromatic carbocycles. The number of anilines is 2. The highest BCUT2D eigenvalue weighted by Crippen LogP contribution is 2.28. The Morgan fingerprint density at radius 2 is 1.60 bits per heavy atom. The van der Waals surface area contributed by atoms with Gasteiger partial charge in [-0.15, -0.1) is 0 Å². The van der Waals surface area contributed by atoms with E-state index in [2.05, 4.69) is 10.2 Å². The van der Waals surface area contributed by atoms with Gasteiger partial charge in [-0.05, 0) is 30.5 Å². The second-order valence-electron chi connectivity index (χ2n) is 7.40. The number of nitrogens with zero attached hydrogens (tertiary/aromatic N) is 3. The van der Waals surface area contributed by atoms with Crippen molar-refractivity contribution in [3.8, 4) is 0 Å². The van der Waals surface area contributed by atoms with Crippen LogP contribution in [0.25, 0.3) is 0 Å². The van der Waals surface area contributed by atoms with E-state index in [1.54, 1.807) is 0 Å². The van der Waals surface area contributed by atoms with Crippen molar-refractivity contribution in [1.29, 1.82) is 0 Å². The molecule has 0 spiro atoms. The van der Waals surface area contributed by atoms with Gasteiger partial charge in [0.05, 0.1) is 17.9 Å². The number of hydrogen-bond donors (Lipinski definition) is 1. The first-order chi connectivity index (χ1) is 14.6. The van der Waals surface area contributed by atoms with E-state index in [-0.39, 0.29) is 6.54 Å². The number of benzene rings is 2. The maximum Gasteiger partial charge on any atom is 0.331 e. The second kappa shape index (κ2) is 8.82. The van der Waals surface area contributed by atoms with Crippen molar-refractivity contribution in [3.63, 3.8) is 0 Å². The van der Waals surface area contributed by atoms with Crippen molar-refractivity contribution in [3.05, 3.63) is 93.3 Å². The topological polar surface area (TPSA) is 76.3 Å². The summed E-state index contributed by atoms with van der Waals surface area (Å²) in [5.74, 6) is -0.404. The Bertz CT molecular complexity index is 1140. The molecule has 154 valence electrons. The molecule has 7 heteroatoms. The van der Waals surface area contributed by atoms with Gasteiger partial charge in [-0.2, -0.15) is 0 Å². The van der Waals surface area contributed by atoms with Crippen LogP contribution in [0.15, 0.2) is 76.4 Å². The van der Waals surface area contributed by atoms with E-state index in [1.165, 1.54) is 16.8 Å². The molecule has 30 heavy (non-hydrogen) atoms. The predicted octanol–water partition coefficient (Wildman–Crippen LogP) is 2.30. The number of carbonyl (C=O) groups excluding carboxylic acids is 1. The number of rotatable bonds is 6. The molecule has 3 aromatic rings. The summed E-state index contributed by atoms with van der Waals surface area (Å²) >= 11 is 0. The molecule has 0 radical (unpaired) electrons. The summed E-state index contributed by atoms with van der Waals surface area (Å²) in [6.07, 6.45) is 3.72. The standard InChI is InChI=1S/C23H24N4O3/c28-21(24-19-10-4-5-11-20(19)25-13-6-7-14-25)17-27-22(29)12-15-26(23(27)30)16-18-8-2-1-3-9-18/h1-5,8-12,15H,6-7,13-14,16-17H2,(H,24,28). The fourth-order valence-electron chi connectivity index (χ4n) is 3.75. The highest BCUT2D eigenvalue weighted by atomic mass is 16.2. The third-order valence-corrected chi connectivity index (χ3v) is 5.26. The number of carbonyl (C=O) groups is 1. The number of aromatic nitrogens is 2. The summed E-state index contributed by atoms with van der Waals surface area (Å²) in [6.45, 7) is 1.91. The Hall–Kier alpha value is -3.61. The van der Waals surface area contributed by atoms with Crippen molar-refractivity contribution in [2.75, 3.05) is 23.3 Å². The molecule has 1 aliphatic heterocycles. The Balaban J connectivity index is 1.53. The van der Waals surface area contributed by atoms with Crippen LogP contribution < -0.4 is 21.5 Å². The fourth-order valence-corrected chi connectivity index (χ4v) is 3.75. The van der Waals surface area contributed by atoms with Gasteiger partial charge in [0.1, 0.15) is 6.54 Å². The maximum absolute atomic E-state index is 12.8. The van der Waals surface area contributed by atoms with Gasteiger partial charge >= 0.3 is 5.69 Å². The Kier molecular flexibility index (Phi) is 5.79. The fraction of sp³-hybridized carbons (Fsp3) is 0.261. The summed E-state index contributed by atoms with van der Waals surface area (Å²) in [4.78, 5) is 40.0. The molecule has 0 unspecified atom stereocenters. The largest absolute Gasteiger partial charge is 0.370 e. The normalized spacial score (nSPS) is 13.4. The van der Waals surface area contributed by atoms with E-state index < -0.39 is 17.2 Å². The van der Waals surface area contributed by atoms with Gasteiger partial charge in [-0.25, -0.2) is 4.79 Å². The average molecular weight is 404 g/mol. The number of nitrogens with one attached hydrogen (secondary N) is 1. The highest BCUT2D eigenvalue weighted by molar-refractivity contribution is 5.94. The monoisotopic (exact) mass is 404 g/mol. The molecule has 0 aliphatic carbocycles. The van der Waals surface area contributed by atoms with Gasteiger partial charge in [-0.3, -0.25) is 18.7 Å². The summed E-state index contributed by atoms with van der Waals surface area (Å²) in [5, 5.41) is 2.87. The van der Waals surface area contributed by atoms with Gasteiger partial charge in [0.15, 0.2) is 0 Å². The maximum atomic E-state index is 12.8. The third kappa shape index (κ3) is 4.35. The lowest BCUT2D eigenvalue weighted by Crippen LogP contribution is -2.42. The smallest absolute Gasteiger partial charge is 0.331 e. The minimum absolute atomic E-state index is 0.332.